The lowest BCUT2D eigenvalue weighted by molar-refractivity contribution is 0.327. The Morgan fingerprint density at radius 2 is 2.20 bits per heavy atom. The highest BCUT2D eigenvalue weighted by molar-refractivity contribution is 5.00. The summed E-state index contributed by atoms with van der Waals surface area (Å²) in [5.74, 6) is 0.756. The molecule has 2 rings (SSSR count). The molecule has 0 spiro atoms. The van der Waals surface area contributed by atoms with Gasteiger partial charge in [-0.1, -0.05) is 26.2 Å². The summed E-state index contributed by atoms with van der Waals surface area (Å²) in [5, 5.41) is 0. The van der Waals surface area contributed by atoms with Crippen molar-refractivity contribution in [1.29, 1.82) is 0 Å². The zero-order valence-corrected chi connectivity index (χ0v) is 9.52. The summed E-state index contributed by atoms with van der Waals surface area (Å²) in [6.45, 7) is 2.96. The molecule has 3 heteroatoms. The van der Waals surface area contributed by atoms with Gasteiger partial charge in [0.05, 0.1) is 12.0 Å². The number of hydrogen-bond donors (Lipinski definition) is 1. The van der Waals surface area contributed by atoms with Crippen molar-refractivity contribution in [2.75, 3.05) is 0 Å². The molecule has 2 unspecified atom stereocenters. The highest BCUT2D eigenvalue weighted by Gasteiger charge is 2.22. The summed E-state index contributed by atoms with van der Waals surface area (Å²) in [4.78, 5) is 4.22. The summed E-state index contributed by atoms with van der Waals surface area (Å²) in [6, 6.07) is 0.619. The second kappa shape index (κ2) is 4.79. The topological polar surface area (TPSA) is 43.8 Å². The minimum atomic E-state index is 0.600. The van der Waals surface area contributed by atoms with Gasteiger partial charge >= 0.3 is 0 Å². The van der Waals surface area contributed by atoms with E-state index in [1.165, 1.54) is 37.8 Å². The molecule has 0 saturated heterocycles. The predicted octanol–water partition coefficient (Wildman–Crippen LogP) is 2.48. The fourth-order valence-electron chi connectivity index (χ4n) is 2.68. The summed E-state index contributed by atoms with van der Waals surface area (Å²) in [6.07, 6.45) is 10.6. The first-order valence-corrected chi connectivity index (χ1v) is 6.03. The molecule has 1 heterocycles. The second-order valence-electron chi connectivity index (χ2n) is 4.68. The highest BCUT2D eigenvalue weighted by Crippen LogP contribution is 2.32. The first kappa shape index (κ1) is 10.7. The normalized spacial score (nSPS) is 27.6. The van der Waals surface area contributed by atoms with Gasteiger partial charge < -0.3 is 10.3 Å². The van der Waals surface area contributed by atoms with Crippen molar-refractivity contribution in [1.82, 2.24) is 9.55 Å². The van der Waals surface area contributed by atoms with Gasteiger partial charge in [-0.05, 0) is 18.8 Å². The SMILES string of the molecule is CC1CCCCCC1n1cncc1CN. The Morgan fingerprint density at radius 3 is 3.00 bits per heavy atom. The van der Waals surface area contributed by atoms with Crippen molar-refractivity contribution in [3.63, 3.8) is 0 Å². The van der Waals surface area contributed by atoms with Crippen LogP contribution >= 0.6 is 0 Å². The summed E-state index contributed by atoms with van der Waals surface area (Å²) in [5.41, 5.74) is 6.90. The van der Waals surface area contributed by atoms with E-state index in [4.69, 9.17) is 5.73 Å². The maximum atomic E-state index is 5.73. The molecule has 0 aliphatic heterocycles. The van der Waals surface area contributed by atoms with Gasteiger partial charge in [0.25, 0.3) is 0 Å². The number of aromatic nitrogens is 2. The van der Waals surface area contributed by atoms with Crippen LogP contribution in [0.25, 0.3) is 0 Å². The number of hydrogen-bond acceptors (Lipinski definition) is 2. The quantitative estimate of drug-likeness (QED) is 0.757. The maximum Gasteiger partial charge on any atom is 0.0951 e. The van der Waals surface area contributed by atoms with E-state index in [0.29, 0.717) is 12.6 Å². The van der Waals surface area contributed by atoms with Crippen LogP contribution in [0.1, 0.15) is 50.8 Å². The van der Waals surface area contributed by atoms with Crippen LogP contribution in [0.4, 0.5) is 0 Å². The number of rotatable bonds is 2. The Bertz CT molecular complexity index is 306. The summed E-state index contributed by atoms with van der Waals surface area (Å²) < 4.78 is 2.30. The van der Waals surface area contributed by atoms with Gasteiger partial charge in [0.2, 0.25) is 0 Å². The van der Waals surface area contributed by atoms with Crippen molar-refractivity contribution in [2.45, 2.75) is 51.6 Å². The molecule has 3 nitrogen and oxygen atoms in total. The Labute approximate surface area is 91.7 Å². The molecule has 1 aromatic rings. The van der Waals surface area contributed by atoms with E-state index in [1.54, 1.807) is 0 Å². The third-order valence-electron chi connectivity index (χ3n) is 3.63. The Hall–Kier alpha value is -0.830. The fourth-order valence-corrected chi connectivity index (χ4v) is 2.68. The van der Waals surface area contributed by atoms with E-state index in [-0.39, 0.29) is 0 Å². The molecule has 0 aromatic carbocycles. The molecule has 0 amide bonds. The standard InChI is InChI=1S/C12H21N3/c1-10-5-3-2-4-6-12(10)15-9-14-8-11(15)7-13/h8-10,12H,2-7,13H2,1H3. The van der Waals surface area contributed by atoms with Crippen LogP contribution in [-0.2, 0) is 6.54 Å². The maximum absolute atomic E-state index is 5.73. The van der Waals surface area contributed by atoms with E-state index in [0.717, 1.165) is 5.92 Å². The number of nitrogens with two attached hydrogens (primary N) is 1. The molecule has 1 aliphatic rings. The molecule has 1 saturated carbocycles. The number of nitrogens with zero attached hydrogens (tertiary/aromatic N) is 2. The van der Waals surface area contributed by atoms with Gasteiger partial charge in [-0.25, -0.2) is 4.98 Å². The van der Waals surface area contributed by atoms with Crippen molar-refractivity contribution in [3.8, 4) is 0 Å². The third kappa shape index (κ3) is 2.23. The van der Waals surface area contributed by atoms with E-state index < -0.39 is 0 Å². The molecule has 1 fully saturated rings. The number of imidazole rings is 1. The van der Waals surface area contributed by atoms with Crippen molar-refractivity contribution >= 4 is 0 Å². The summed E-state index contributed by atoms with van der Waals surface area (Å²) in [7, 11) is 0. The predicted molar refractivity (Wildman–Crippen MR) is 61.4 cm³/mol. The van der Waals surface area contributed by atoms with Crippen LogP contribution in [-0.4, -0.2) is 9.55 Å². The van der Waals surface area contributed by atoms with Gasteiger partial charge in [-0.15, -0.1) is 0 Å². The Kier molecular flexibility index (Phi) is 3.41. The lowest BCUT2D eigenvalue weighted by atomic mass is 9.96. The van der Waals surface area contributed by atoms with Gasteiger partial charge in [0.15, 0.2) is 0 Å². The second-order valence-corrected chi connectivity index (χ2v) is 4.68. The van der Waals surface area contributed by atoms with Gasteiger partial charge in [-0.2, -0.15) is 0 Å². The highest BCUT2D eigenvalue weighted by atomic mass is 15.1. The Balaban J connectivity index is 2.19. The van der Waals surface area contributed by atoms with E-state index in [9.17, 15) is 0 Å². The average Bonchev–Trinajstić information content (AvgIpc) is 2.61. The van der Waals surface area contributed by atoms with Crippen LogP contribution in [0, 0.1) is 5.92 Å². The lowest BCUT2D eigenvalue weighted by Crippen LogP contribution is -2.18. The van der Waals surface area contributed by atoms with Crippen LogP contribution in [0.2, 0.25) is 0 Å². The van der Waals surface area contributed by atoms with Crippen LogP contribution < -0.4 is 5.73 Å². The fraction of sp³-hybridized carbons (Fsp3) is 0.750. The average molecular weight is 207 g/mol. The van der Waals surface area contributed by atoms with Crippen LogP contribution in [0.5, 0.6) is 0 Å². The Morgan fingerprint density at radius 1 is 1.40 bits per heavy atom. The lowest BCUT2D eigenvalue weighted by Gasteiger charge is -2.24. The largest absolute Gasteiger partial charge is 0.330 e. The van der Waals surface area contributed by atoms with Gasteiger partial charge in [0.1, 0.15) is 0 Å². The van der Waals surface area contributed by atoms with Crippen molar-refractivity contribution < 1.29 is 0 Å². The molecule has 1 aliphatic carbocycles. The molecular weight excluding hydrogens is 186 g/mol. The van der Waals surface area contributed by atoms with Crippen LogP contribution in [0.3, 0.4) is 0 Å². The molecular formula is C12H21N3. The van der Waals surface area contributed by atoms with Crippen molar-refractivity contribution in [3.05, 3.63) is 18.2 Å². The zero-order valence-electron chi connectivity index (χ0n) is 9.52. The molecule has 15 heavy (non-hydrogen) atoms. The molecule has 0 bridgehead atoms. The summed E-state index contributed by atoms with van der Waals surface area (Å²) >= 11 is 0. The molecule has 84 valence electrons. The smallest absolute Gasteiger partial charge is 0.0951 e. The molecule has 0 radical (unpaired) electrons. The van der Waals surface area contributed by atoms with Gasteiger partial charge in [-0.3, -0.25) is 0 Å². The molecule has 1 aromatic heterocycles. The zero-order chi connectivity index (χ0) is 10.7. The molecule has 2 N–H and O–H groups in total. The first-order chi connectivity index (χ1) is 7.33. The van der Waals surface area contributed by atoms with E-state index in [2.05, 4.69) is 16.5 Å². The molecule has 2 atom stereocenters. The minimum Gasteiger partial charge on any atom is -0.330 e. The third-order valence-corrected chi connectivity index (χ3v) is 3.63. The first-order valence-electron chi connectivity index (χ1n) is 6.03. The van der Waals surface area contributed by atoms with E-state index in [1.807, 2.05) is 12.5 Å². The van der Waals surface area contributed by atoms with Gasteiger partial charge in [0, 0.05) is 18.8 Å². The van der Waals surface area contributed by atoms with Crippen LogP contribution in [0.15, 0.2) is 12.5 Å². The monoisotopic (exact) mass is 207 g/mol. The van der Waals surface area contributed by atoms with Crippen molar-refractivity contribution in [2.24, 2.45) is 11.7 Å². The minimum absolute atomic E-state index is 0.600. The van der Waals surface area contributed by atoms with E-state index >= 15 is 0 Å².